The fraction of sp³-hybridized carbons (Fsp3) is 0.909. The number of rotatable bonds is 10. The molecule has 0 aliphatic heterocycles. The molecule has 4 unspecified atom stereocenters. The molecule has 0 radical (unpaired) electrons. The van der Waals surface area contributed by atoms with E-state index in [0.29, 0.717) is 35.0 Å². The summed E-state index contributed by atoms with van der Waals surface area (Å²) in [5.74, 6) is 1.66. The van der Waals surface area contributed by atoms with Crippen molar-refractivity contribution in [2.45, 2.75) is 136 Å². The first-order chi connectivity index (χ1) is 19.2. The van der Waals surface area contributed by atoms with E-state index in [0.717, 1.165) is 37.0 Å². The van der Waals surface area contributed by atoms with Crippen LogP contribution in [0.25, 0.3) is 0 Å². The number of carboxylic acid groups (broad SMARTS) is 1. The molecule has 0 aromatic rings. The molecule has 4 rings (SSSR count). The molecule has 0 aromatic heterocycles. The SMILES string of the molecule is CC(C)C(NC(=O)CCC(C)[C@H]1CC[C@H]2[C@@H]3CC[C@@H]4C[C@H](O)CC[C@]4(C)[C@H]3CC[C@]12C)C(=O)NC(C(=O)O)C(C)O. The maximum atomic E-state index is 13.0. The minimum absolute atomic E-state index is 0.108. The largest absolute Gasteiger partial charge is 0.480 e. The van der Waals surface area contributed by atoms with Crippen LogP contribution < -0.4 is 10.6 Å². The molecular weight excluding hydrogens is 520 g/mol. The third-order valence-corrected chi connectivity index (χ3v) is 12.5. The molecule has 2 amide bonds. The Labute approximate surface area is 246 Å². The third kappa shape index (κ3) is 6.34. The van der Waals surface area contributed by atoms with E-state index in [-0.39, 0.29) is 17.9 Å². The molecule has 4 aliphatic carbocycles. The highest BCUT2D eigenvalue weighted by Gasteiger charge is 2.60. The lowest BCUT2D eigenvalue weighted by molar-refractivity contribution is -0.145. The maximum absolute atomic E-state index is 13.0. The van der Waals surface area contributed by atoms with Crippen molar-refractivity contribution in [3.8, 4) is 0 Å². The second kappa shape index (κ2) is 12.5. The summed E-state index contributed by atoms with van der Waals surface area (Å²) in [6, 6.07) is -2.28. The Kier molecular flexibility index (Phi) is 9.84. The Bertz CT molecular complexity index is 969. The lowest BCUT2D eigenvalue weighted by Crippen LogP contribution is -2.56. The van der Waals surface area contributed by atoms with Crippen LogP contribution in [-0.2, 0) is 14.4 Å². The Balaban J connectivity index is 1.34. The zero-order valence-corrected chi connectivity index (χ0v) is 26.2. The minimum atomic E-state index is -1.42. The van der Waals surface area contributed by atoms with Gasteiger partial charge < -0.3 is 26.0 Å². The summed E-state index contributed by atoms with van der Waals surface area (Å²) in [7, 11) is 0. The smallest absolute Gasteiger partial charge is 0.328 e. The monoisotopic (exact) mass is 576 g/mol. The molecule has 8 heteroatoms. The number of carboxylic acids is 1. The Morgan fingerprint density at radius 1 is 0.854 bits per heavy atom. The molecule has 4 aliphatic rings. The fourth-order valence-electron chi connectivity index (χ4n) is 10.2. The summed E-state index contributed by atoms with van der Waals surface area (Å²) < 4.78 is 0. The van der Waals surface area contributed by atoms with Gasteiger partial charge in [0.05, 0.1) is 12.2 Å². The normalized spacial score (nSPS) is 39.4. The van der Waals surface area contributed by atoms with Gasteiger partial charge in [-0.25, -0.2) is 4.79 Å². The van der Waals surface area contributed by atoms with Crippen molar-refractivity contribution in [1.82, 2.24) is 10.6 Å². The van der Waals surface area contributed by atoms with Gasteiger partial charge in [-0.1, -0.05) is 34.6 Å². The standard InChI is InChI=1S/C33H56N2O6/c1-18(2)28(30(39)35-29(20(4)36)31(40)41)34-27(38)12-7-19(3)24-10-11-25-23-9-8-21-17-22(37)13-15-32(21,5)26(23)14-16-33(24,25)6/h18-26,28-29,36-37H,7-17H2,1-6H3,(H,34,38)(H,35,39)(H,40,41)/t19?,20?,21-,22-,23+,24-,25+,26+,28?,29?,32+,33-/m1/s1. The van der Waals surface area contributed by atoms with Gasteiger partial charge in [-0.3, -0.25) is 9.59 Å². The first kappa shape index (κ1) is 32.2. The molecule has 4 saturated carbocycles. The molecule has 0 bridgehead atoms. The number of carbonyl (C=O) groups excluding carboxylic acids is 2. The number of nitrogens with one attached hydrogen (secondary N) is 2. The van der Waals surface area contributed by atoms with Crippen LogP contribution in [0.3, 0.4) is 0 Å². The van der Waals surface area contributed by atoms with E-state index in [1.165, 1.54) is 51.9 Å². The Morgan fingerprint density at radius 2 is 1.51 bits per heavy atom. The quantitative estimate of drug-likeness (QED) is 0.260. The van der Waals surface area contributed by atoms with Gasteiger partial charge in [0.15, 0.2) is 6.04 Å². The highest BCUT2D eigenvalue weighted by Crippen LogP contribution is 2.68. The van der Waals surface area contributed by atoms with Gasteiger partial charge in [0, 0.05) is 6.42 Å². The molecule has 234 valence electrons. The fourth-order valence-corrected chi connectivity index (χ4v) is 10.2. The van der Waals surface area contributed by atoms with E-state index < -0.39 is 30.1 Å². The van der Waals surface area contributed by atoms with Crippen molar-refractivity contribution in [3.05, 3.63) is 0 Å². The van der Waals surface area contributed by atoms with E-state index in [4.69, 9.17) is 0 Å². The van der Waals surface area contributed by atoms with Crippen LogP contribution in [0.15, 0.2) is 0 Å². The number of hydrogen-bond acceptors (Lipinski definition) is 5. The van der Waals surface area contributed by atoms with Crippen molar-refractivity contribution >= 4 is 17.8 Å². The van der Waals surface area contributed by atoms with Crippen LogP contribution in [0, 0.1) is 52.3 Å². The van der Waals surface area contributed by atoms with Gasteiger partial charge in [0.1, 0.15) is 6.04 Å². The summed E-state index contributed by atoms with van der Waals surface area (Å²) >= 11 is 0. The summed E-state index contributed by atoms with van der Waals surface area (Å²) in [4.78, 5) is 37.2. The van der Waals surface area contributed by atoms with E-state index in [1.54, 1.807) is 0 Å². The van der Waals surface area contributed by atoms with Crippen molar-refractivity contribution in [1.29, 1.82) is 0 Å². The van der Waals surface area contributed by atoms with Gasteiger partial charge >= 0.3 is 5.97 Å². The van der Waals surface area contributed by atoms with E-state index in [1.807, 2.05) is 13.8 Å². The second-order valence-corrected chi connectivity index (χ2v) is 15.2. The number of fused-ring (bicyclic) bond motifs is 5. The van der Waals surface area contributed by atoms with Gasteiger partial charge in [-0.05, 0) is 123 Å². The predicted octanol–water partition coefficient (Wildman–Crippen LogP) is 4.51. The summed E-state index contributed by atoms with van der Waals surface area (Å²) in [6.45, 7) is 12.3. The van der Waals surface area contributed by atoms with Crippen molar-refractivity contribution < 1.29 is 29.7 Å². The second-order valence-electron chi connectivity index (χ2n) is 15.2. The molecule has 0 saturated heterocycles. The Hall–Kier alpha value is -1.67. The van der Waals surface area contributed by atoms with Crippen LogP contribution in [-0.4, -0.2) is 57.4 Å². The number of aliphatic hydroxyl groups excluding tert-OH is 2. The molecule has 12 atom stereocenters. The number of hydrogen-bond donors (Lipinski definition) is 5. The molecular formula is C33H56N2O6. The van der Waals surface area contributed by atoms with Crippen LogP contribution in [0.4, 0.5) is 0 Å². The predicted molar refractivity (Wildman–Crippen MR) is 158 cm³/mol. The van der Waals surface area contributed by atoms with E-state index >= 15 is 0 Å². The first-order valence-corrected chi connectivity index (χ1v) is 16.4. The number of aliphatic hydroxyl groups is 2. The van der Waals surface area contributed by atoms with Gasteiger partial charge in [-0.2, -0.15) is 0 Å². The topological polar surface area (TPSA) is 136 Å². The molecule has 8 nitrogen and oxygen atoms in total. The van der Waals surface area contributed by atoms with Crippen LogP contribution >= 0.6 is 0 Å². The average molecular weight is 577 g/mol. The average Bonchev–Trinajstić information content (AvgIpc) is 3.26. The van der Waals surface area contributed by atoms with Crippen LogP contribution in [0.1, 0.15) is 112 Å². The van der Waals surface area contributed by atoms with Crippen molar-refractivity contribution in [2.75, 3.05) is 0 Å². The molecule has 5 N–H and O–H groups in total. The summed E-state index contributed by atoms with van der Waals surface area (Å²) in [6.07, 6.45) is 10.5. The molecule has 41 heavy (non-hydrogen) atoms. The van der Waals surface area contributed by atoms with Gasteiger partial charge in [0.25, 0.3) is 0 Å². The lowest BCUT2D eigenvalue weighted by Gasteiger charge is -2.61. The van der Waals surface area contributed by atoms with Crippen LogP contribution in [0.5, 0.6) is 0 Å². The van der Waals surface area contributed by atoms with Gasteiger partial charge in [-0.15, -0.1) is 0 Å². The molecule has 0 heterocycles. The minimum Gasteiger partial charge on any atom is -0.480 e. The van der Waals surface area contributed by atoms with E-state index in [2.05, 4.69) is 31.4 Å². The summed E-state index contributed by atoms with van der Waals surface area (Å²) in [5.41, 5.74) is 0.686. The van der Waals surface area contributed by atoms with E-state index in [9.17, 15) is 29.7 Å². The third-order valence-electron chi connectivity index (χ3n) is 12.5. The number of amides is 2. The summed E-state index contributed by atoms with van der Waals surface area (Å²) in [5, 5.41) is 34.6. The van der Waals surface area contributed by atoms with Crippen molar-refractivity contribution in [3.63, 3.8) is 0 Å². The Morgan fingerprint density at radius 3 is 2.15 bits per heavy atom. The first-order valence-electron chi connectivity index (χ1n) is 16.4. The number of aliphatic carboxylic acids is 1. The van der Waals surface area contributed by atoms with Gasteiger partial charge in [0.2, 0.25) is 11.8 Å². The zero-order valence-electron chi connectivity index (χ0n) is 26.2. The molecule has 0 aromatic carbocycles. The number of carbonyl (C=O) groups is 3. The molecule has 0 spiro atoms. The molecule has 4 fully saturated rings. The highest BCUT2D eigenvalue weighted by molar-refractivity contribution is 5.90. The van der Waals surface area contributed by atoms with Crippen molar-refractivity contribution in [2.24, 2.45) is 52.3 Å². The maximum Gasteiger partial charge on any atom is 0.328 e. The lowest BCUT2D eigenvalue weighted by atomic mass is 9.44. The zero-order chi connectivity index (χ0) is 30.3. The highest BCUT2D eigenvalue weighted by atomic mass is 16.4. The van der Waals surface area contributed by atoms with Crippen LogP contribution in [0.2, 0.25) is 0 Å².